The van der Waals surface area contributed by atoms with Gasteiger partial charge in [-0.3, -0.25) is 19.5 Å². The molecule has 0 aliphatic carbocycles. The molecule has 35 heavy (non-hydrogen) atoms. The van der Waals surface area contributed by atoms with Crippen LogP contribution in [0, 0.1) is 11.6 Å². The van der Waals surface area contributed by atoms with Crippen molar-refractivity contribution in [3.05, 3.63) is 89.3 Å². The fourth-order valence-corrected chi connectivity index (χ4v) is 3.94. The van der Waals surface area contributed by atoms with E-state index in [0.29, 0.717) is 12.4 Å². The van der Waals surface area contributed by atoms with Crippen LogP contribution in [0.1, 0.15) is 31.1 Å². The van der Waals surface area contributed by atoms with Gasteiger partial charge in [-0.25, -0.2) is 8.78 Å². The number of hydrogen-bond acceptors (Lipinski definition) is 6. The number of aliphatic hydroxyl groups excluding tert-OH is 1. The number of amides is 1. The predicted molar refractivity (Wildman–Crippen MR) is 124 cm³/mol. The zero-order valence-electron chi connectivity index (χ0n) is 19.0. The van der Waals surface area contributed by atoms with Gasteiger partial charge in [-0.1, -0.05) is 6.07 Å². The molecule has 2 heterocycles. The lowest BCUT2D eigenvalue weighted by Crippen LogP contribution is -2.30. The van der Waals surface area contributed by atoms with Crippen LogP contribution in [0.4, 0.5) is 14.5 Å². The van der Waals surface area contributed by atoms with Gasteiger partial charge >= 0.3 is 0 Å². The van der Waals surface area contributed by atoms with Crippen molar-refractivity contribution in [2.24, 2.45) is 0 Å². The first-order valence-corrected chi connectivity index (χ1v) is 10.9. The van der Waals surface area contributed by atoms with Crippen LogP contribution in [0.25, 0.3) is 5.76 Å². The summed E-state index contributed by atoms with van der Waals surface area (Å²) in [6.07, 6.45) is 1.43. The smallest absolute Gasteiger partial charge is 0.300 e. The number of carbonyl (C=O) groups is 2. The molecule has 1 aliphatic heterocycles. The monoisotopic (exact) mass is 480 g/mol. The number of ketones is 1. The number of rotatable bonds is 7. The fourth-order valence-electron chi connectivity index (χ4n) is 3.94. The molecular formula is C26H22F2N2O5. The minimum absolute atomic E-state index is 0.133. The van der Waals surface area contributed by atoms with Crippen LogP contribution in [0.3, 0.4) is 0 Å². The van der Waals surface area contributed by atoms with E-state index < -0.39 is 40.8 Å². The van der Waals surface area contributed by atoms with Crippen molar-refractivity contribution in [3.63, 3.8) is 0 Å². The largest absolute Gasteiger partial charge is 0.507 e. The Bertz CT molecular complexity index is 1310. The lowest BCUT2D eigenvalue weighted by Gasteiger charge is -2.25. The van der Waals surface area contributed by atoms with Crippen molar-refractivity contribution in [2.45, 2.75) is 19.9 Å². The third kappa shape index (κ3) is 4.44. The predicted octanol–water partition coefficient (Wildman–Crippen LogP) is 4.78. The zero-order valence-corrected chi connectivity index (χ0v) is 19.0. The van der Waals surface area contributed by atoms with Gasteiger partial charge in [0.05, 0.1) is 35.7 Å². The summed E-state index contributed by atoms with van der Waals surface area (Å²) in [4.78, 5) is 31.3. The van der Waals surface area contributed by atoms with Crippen LogP contribution >= 0.6 is 0 Å². The van der Waals surface area contributed by atoms with Crippen molar-refractivity contribution in [1.29, 1.82) is 0 Å². The molecule has 1 saturated heterocycles. The van der Waals surface area contributed by atoms with E-state index in [0.717, 1.165) is 23.1 Å². The summed E-state index contributed by atoms with van der Waals surface area (Å²) in [5, 5.41) is 11.3. The maximum Gasteiger partial charge on any atom is 0.300 e. The first-order valence-electron chi connectivity index (χ1n) is 10.9. The van der Waals surface area contributed by atoms with Gasteiger partial charge in [-0.15, -0.1) is 0 Å². The van der Waals surface area contributed by atoms with E-state index in [-0.39, 0.29) is 29.2 Å². The van der Waals surface area contributed by atoms with Crippen LogP contribution in [0.5, 0.6) is 11.5 Å². The molecule has 0 radical (unpaired) electrons. The zero-order chi connectivity index (χ0) is 25.1. The summed E-state index contributed by atoms with van der Waals surface area (Å²) >= 11 is 0. The van der Waals surface area contributed by atoms with Gasteiger partial charge < -0.3 is 14.6 Å². The molecule has 3 aromatic rings. The van der Waals surface area contributed by atoms with E-state index in [2.05, 4.69) is 4.98 Å². The SMILES string of the molecule is CCOc1ccc(/C(O)=C2/C(=O)C(=O)N(c3cc(F)ccc3F)C2c2ccccn2)c(OCC)c1. The Balaban J connectivity index is 1.96. The molecule has 7 nitrogen and oxygen atoms in total. The molecule has 1 N–H and O–H groups in total. The van der Waals surface area contributed by atoms with Gasteiger partial charge in [0, 0.05) is 18.3 Å². The second-order valence-electron chi connectivity index (χ2n) is 7.54. The number of Topliss-reactive ketones (excluding diaryl/α,β-unsaturated/α-hetero) is 1. The van der Waals surface area contributed by atoms with Gasteiger partial charge in [-0.05, 0) is 50.2 Å². The van der Waals surface area contributed by atoms with E-state index in [9.17, 15) is 23.5 Å². The van der Waals surface area contributed by atoms with Gasteiger partial charge in [0.2, 0.25) is 0 Å². The molecule has 1 atom stereocenters. The van der Waals surface area contributed by atoms with E-state index in [1.807, 2.05) is 6.92 Å². The highest BCUT2D eigenvalue weighted by molar-refractivity contribution is 6.51. The molecular weight excluding hydrogens is 458 g/mol. The quantitative estimate of drug-likeness (QED) is 0.297. The van der Waals surface area contributed by atoms with Crippen LogP contribution in [0.15, 0.2) is 66.4 Å². The Morgan fingerprint density at radius 3 is 2.49 bits per heavy atom. The minimum atomic E-state index is -1.31. The Morgan fingerprint density at radius 2 is 1.80 bits per heavy atom. The number of halogens is 2. The fraction of sp³-hybridized carbons (Fsp3) is 0.192. The number of pyridine rings is 1. The maximum absolute atomic E-state index is 14.7. The number of aliphatic hydroxyl groups is 1. The highest BCUT2D eigenvalue weighted by Crippen LogP contribution is 2.43. The molecule has 9 heteroatoms. The topological polar surface area (TPSA) is 89.0 Å². The van der Waals surface area contributed by atoms with Crippen molar-refractivity contribution >= 4 is 23.1 Å². The van der Waals surface area contributed by atoms with Crippen LogP contribution in [0.2, 0.25) is 0 Å². The first kappa shape index (κ1) is 23.9. The summed E-state index contributed by atoms with van der Waals surface area (Å²) < 4.78 is 39.9. The number of ether oxygens (including phenoxy) is 2. The lowest BCUT2D eigenvalue weighted by atomic mass is 9.97. The molecule has 1 fully saturated rings. The minimum Gasteiger partial charge on any atom is -0.507 e. The molecule has 0 bridgehead atoms. The third-order valence-electron chi connectivity index (χ3n) is 5.40. The van der Waals surface area contributed by atoms with Crippen molar-refractivity contribution in [3.8, 4) is 11.5 Å². The number of aromatic nitrogens is 1. The molecule has 1 aromatic heterocycles. The Labute approximate surface area is 200 Å². The molecule has 0 saturated carbocycles. The highest BCUT2D eigenvalue weighted by atomic mass is 19.1. The molecule has 180 valence electrons. The Kier molecular flexibility index (Phi) is 6.77. The summed E-state index contributed by atoms with van der Waals surface area (Å²) in [6.45, 7) is 4.22. The number of hydrogen-bond donors (Lipinski definition) is 1. The van der Waals surface area contributed by atoms with Crippen molar-refractivity contribution in [2.75, 3.05) is 18.1 Å². The normalized spacial score (nSPS) is 17.0. The molecule has 1 unspecified atom stereocenters. The summed E-state index contributed by atoms with van der Waals surface area (Å²) in [5.41, 5.74) is -0.462. The second kappa shape index (κ2) is 9.92. The van der Waals surface area contributed by atoms with Gasteiger partial charge in [0.15, 0.2) is 0 Å². The summed E-state index contributed by atoms with van der Waals surface area (Å²) in [6, 6.07) is 10.7. The van der Waals surface area contributed by atoms with Crippen LogP contribution in [-0.2, 0) is 9.59 Å². The average molecular weight is 480 g/mol. The maximum atomic E-state index is 14.7. The molecule has 1 amide bonds. The third-order valence-corrected chi connectivity index (χ3v) is 5.40. The second-order valence-corrected chi connectivity index (χ2v) is 7.54. The Morgan fingerprint density at radius 1 is 1.03 bits per heavy atom. The van der Waals surface area contributed by atoms with Crippen LogP contribution < -0.4 is 14.4 Å². The number of anilines is 1. The number of nitrogens with zero attached hydrogens (tertiary/aromatic N) is 2. The average Bonchev–Trinajstić information content (AvgIpc) is 3.12. The number of carbonyl (C=O) groups excluding carboxylic acids is 2. The van der Waals surface area contributed by atoms with Crippen molar-refractivity contribution < 1.29 is 33.0 Å². The molecule has 2 aromatic carbocycles. The summed E-state index contributed by atoms with van der Waals surface area (Å²) in [7, 11) is 0. The van der Waals surface area contributed by atoms with E-state index >= 15 is 0 Å². The molecule has 0 spiro atoms. The highest BCUT2D eigenvalue weighted by Gasteiger charge is 2.48. The molecule has 1 aliphatic rings. The lowest BCUT2D eigenvalue weighted by molar-refractivity contribution is -0.132. The first-order chi connectivity index (χ1) is 16.9. The standard InChI is InChI=1S/C26H22F2N2O5/c1-3-34-16-9-10-17(21(14-16)35-4-2)24(31)22-23(19-7-5-6-12-29-19)30(26(33)25(22)32)20-13-15(27)8-11-18(20)28/h5-14,23,31H,3-4H2,1-2H3/b24-22-. The number of benzene rings is 2. The van der Waals surface area contributed by atoms with E-state index in [4.69, 9.17) is 9.47 Å². The summed E-state index contributed by atoms with van der Waals surface area (Å²) in [5.74, 6) is -3.74. The van der Waals surface area contributed by atoms with Gasteiger partial charge in [0.1, 0.15) is 34.9 Å². The Hall–Kier alpha value is -4.27. The van der Waals surface area contributed by atoms with E-state index in [1.54, 1.807) is 31.2 Å². The van der Waals surface area contributed by atoms with Gasteiger partial charge in [0.25, 0.3) is 11.7 Å². The van der Waals surface area contributed by atoms with Crippen LogP contribution in [-0.4, -0.2) is 35.0 Å². The molecule has 4 rings (SSSR count). The van der Waals surface area contributed by atoms with Gasteiger partial charge in [-0.2, -0.15) is 0 Å². The van der Waals surface area contributed by atoms with E-state index in [1.165, 1.54) is 18.3 Å². The van der Waals surface area contributed by atoms with Crippen molar-refractivity contribution in [1.82, 2.24) is 4.98 Å².